The Kier molecular flexibility index (Phi) is 6.76. The van der Waals surface area contributed by atoms with E-state index in [0.29, 0.717) is 26.1 Å². The zero-order valence-electron chi connectivity index (χ0n) is 16.0. The summed E-state index contributed by atoms with van der Waals surface area (Å²) in [5.74, 6) is -0.307. The standard InChI is InChI=1S/C19H16Cl2F3N3O2S/c1-10-17(11(2)27(3)25-10)26-29-30-18-15(20)8-13(9-16(18)21)12-4-6-14(7-5-12)28-19(22,23)24/h4-9,26H,1-3H3/p+1. The first-order chi connectivity index (χ1) is 14.0. The second kappa shape index (κ2) is 8.97. The molecule has 0 saturated heterocycles. The highest BCUT2D eigenvalue weighted by Gasteiger charge is 2.31. The van der Waals surface area contributed by atoms with Gasteiger partial charge in [0, 0.05) is 6.92 Å². The molecule has 0 bridgehead atoms. The summed E-state index contributed by atoms with van der Waals surface area (Å²) < 4.78 is 48.1. The maximum atomic E-state index is 12.3. The van der Waals surface area contributed by atoms with Crippen LogP contribution in [0.15, 0.2) is 41.3 Å². The van der Waals surface area contributed by atoms with Crippen molar-refractivity contribution in [2.24, 2.45) is 7.05 Å². The molecule has 30 heavy (non-hydrogen) atoms. The Morgan fingerprint density at radius 2 is 1.63 bits per heavy atom. The first-order valence-electron chi connectivity index (χ1n) is 8.55. The maximum Gasteiger partial charge on any atom is 0.573 e. The van der Waals surface area contributed by atoms with Crippen molar-refractivity contribution in [1.29, 1.82) is 0 Å². The van der Waals surface area contributed by atoms with Gasteiger partial charge in [0.1, 0.15) is 11.4 Å². The van der Waals surface area contributed by atoms with Crippen LogP contribution in [0.2, 0.25) is 10.0 Å². The molecule has 1 aromatic heterocycles. The number of alkyl halides is 3. The fourth-order valence-corrected chi connectivity index (χ4v) is 3.90. The van der Waals surface area contributed by atoms with Crippen LogP contribution in [-0.4, -0.2) is 11.5 Å². The van der Waals surface area contributed by atoms with Crippen molar-refractivity contribution in [3.63, 3.8) is 0 Å². The number of anilines is 1. The van der Waals surface area contributed by atoms with Crippen LogP contribution in [0.4, 0.5) is 18.9 Å². The quantitative estimate of drug-likeness (QED) is 0.245. The van der Waals surface area contributed by atoms with Crippen molar-refractivity contribution in [1.82, 2.24) is 5.10 Å². The minimum atomic E-state index is -4.74. The lowest BCUT2D eigenvalue weighted by atomic mass is 10.1. The van der Waals surface area contributed by atoms with E-state index in [1.54, 1.807) is 12.1 Å². The molecular weight excluding hydrogens is 462 g/mol. The molecule has 160 valence electrons. The van der Waals surface area contributed by atoms with Crippen molar-refractivity contribution in [3.05, 3.63) is 57.8 Å². The summed E-state index contributed by atoms with van der Waals surface area (Å²) in [5, 5.41) is 3.81. The Morgan fingerprint density at radius 1 is 1.03 bits per heavy atom. The maximum absolute atomic E-state index is 12.3. The molecule has 0 atom stereocenters. The van der Waals surface area contributed by atoms with Crippen LogP contribution in [0, 0.1) is 13.8 Å². The summed E-state index contributed by atoms with van der Waals surface area (Å²) in [4.78, 5) is 0.502. The van der Waals surface area contributed by atoms with Gasteiger partial charge in [-0.05, 0) is 42.3 Å². The molecule has 0 aliphatic rings. The number of aromatic nitrogens is 2. The van der Waals surface area contributed by atoms with Gasteiger partial charge >= 0.3 is 6.36 Å². The molecule has 1 heterocycles. The second-order valence-corrected chi connectivity index (χ2v) is 7.92. The van der Waals surface area contributed by atoms with Crippen LogP contribution in [-0.2, 0) is 11.3 Å². The monoisotopic (exact) mass is 478 g/mol. The Balaban J connectivity index is 1.72. The zero-order chi connectivity index (χ0) is 22.1. The van der Waals surface area contributed by atoms with Gasteiger partial charge in [-0.2, -0.15) is 9.38 Å². The topological polar surface area (TPSA) is 50.2 Å². The SMILES string of the molecule is Cc1[nH][n+](C)c(C)c1NOSc1c(Cl)cc(-c2ccc(OC(F)(F)F)cc2)cc1Cl. The summed E-state index contributed by atoms with van der Waals surface area (Å²) in [6, 6.07) is 8.75. The van der Waals surface area contributed by atoms with E-state index in [9.17, 15) is 13.2 Å². The number of ether oxygens (including phenoxy) is 1. The molecule has 0 radical (unpaired) electrons. The lowest BCUT2D eigenvalue weighted by Gasteiger charge is -2.11. The van der Waals surface area contributed by atoms with Gasteiger partial charge in [-0.25, -0.2) is 5.48 Å². The number of halogens is 5. The Hall–Kier alpha value is -2.07. The lowest BCUT2D eigenvalue weighted by Crippen LogP contribution is -2.32. The number of hydrogen-bond donors (Lipinski definition) is 2. The van der Waals surface area contributed by atoms with E-state index >= 15 is 0 Å². The zero-order valence-corrected chi connectivity index (χ0v) is 18.4. The Labute approximate surface area is 185 Å². The van der Waals surface area contributed by atoms with E-state index in [2.05, 4.69) is 15.3 Å². The third kappa shape index (κ3) is 5.34. The van der Waals surface area contributed by atoms with Crippen LogP contribution < -0.4 is 14.9 Å². The van der Waals surface area contributed by atoms with Crippen molar-refractivity contribution < 1.29 is 26.9 Å². The smallest absolute Gasteiger partial charge is 0.406 e. The first kappa shape index (κ1) is 22.6. The van der Waals surface area contributed by atoms with Crippen molar-refractivity contribution >= 4 is 40.9 Å². The number of benzene rings is 2. The van der Waals surface area contributed by atoms with E-state index in [4.69, 9.17) is 27.5 Å². The van der Waals surface area contributed by atoms with E-state index in [-0.39, 0.29) is 5.75 Å². The van der Waals surface area contributed by atoms with E-state index in [0.717, 1.165) is 29.1 Å². The fraction of sp³-hybridized carbons (Fsp3) is 0.211. The van der Waals surface area contributed by atoms with Gasteiger partial charge in [0.05, 0.1) is 27.0 Å². The van der Waals surface area contributed by atoms with Crippen molar-refractivity contribution in [3.8, 4) is 16.9 Å². The van der Waals surface area contributed by atoms with Crippen LogP contribution in [0.3, 0.4) is 0 Å². The molecular formula is C19H17Cl2F3N3O2S+. The highest BCUT2D eigenvalue weighted by atomic mass is 35.5. The first-order valence-corrected chi connectivity index (χ1v) is 10.0. The molecule has 3 rings (SSSR count). The molecule has 0 amide bonds. The van der Waals surface area contributed by atoms with Crippen LogP contribution >= 0.6 is 35.2 Å². The number of nitrogens with zero attached hydrogens (tertiary/aromatic N) is 1. The van der Waals surface area contributed by atoms with E-state index in [1.165, 1.54) is 24.3 Å². The molecule has 0 aliphatic heterocycles. The second-order valence-electron chi connectivity index (χ2n) is 6.37. The van der Waals surface area contributed by atoms with Gasteiger partial charge in [-0.1, -0.05) is 35.3 Å². The van der Waals surface area contributed by atoms with Crippen molar-refractivity contribution in [2.45, 2.75) is 25.1 Å². The third-order valence-electron chi connectivity index (χ3n) is 4.26. The molecule has 2 N–H and O–H groups in total. The van der Waals surface area contributed by atoms with Gasteiger partial charge < -0.3 is 4.74 Å². The Bertz CT molecular complexity index is 1030. The molecule has 11 heteroatoms. The van der Waals surface area contributed by atoms with Crippen LogP contribution in [0.5, 0.6) is 5.75 Å². The molecule has 0 aliphatic carbocycles. The molecule has 0 fully saturated rings. The molecule has 2 aromatic carbocycles. The van der Waals surface area contributed by atoms with Crippen molar-refractivity contribution in [2.75, 3.05) is 5.48 Å². The van der Waals surface area contributed by atoms with Gasteiger partial charge in [-0.3, -0.25) is 0 Å². The summed E-state index contributed by atoms with van der Waals surface area (Å²) >= 11 is 13.7. The number of H-pyrrole nitrogens is 1. The highest BCUT2D eigenvalue weighted by Crippen LogP contribution is 2.39. The van der Waals surface area contributed by atoms with Crippen LogP contribution in [0.25, 0.3) is 11.1 Å². The third-order valence-corrected chi connectivity index (χ3v) is 5.86. The average Bonchev–Trinajstić information content (AvgIpc) is 2.89. The predicted molar refractivity (Wildman–Crippen MR) is 111 cm³/mol. The summed E-state index contributed by atoms with van der Waals surface area (Å²) in [6.45, 7) is 3.84. The summed E-state index contributed by atoms with van der Waals surface area (Å²) in [6.07, 6.45) is -4.74. The molecule has 3 aromatic rings. The fourth-order valence-electron chi connectivity index (χ4n) is 2.74. The number of aryl methyl sites for hydroxylation is 2. The van der Waals surface area contributed by atoms with Crippen LogP contribution in [0.1, 0.15) is 11.4 Å². The summed E-state index contributed by atoms with van der Waals surface area (Å²) in [7, 11) is 1.88. The largest absolute Gasteiger partial charge is 0.573 e. The molecule has 5 nitrogen and oxygen atoms in total. The number of aromatic amines is 1. The molecule has 0 spiro atoms. The molecule has 0 saturated carbocycles. The normalized spacial score (nSPS) is 11.6. The summed E-state index contributed by atoms with van der Waals surface area (Å²) in [5.41, 5.74) is 6.80. The van der Waals surface area contributed by atoms with E-state index < -0.39 is 6.36 Å². The highest BCUT2D eigenvalue weighted by molar-refractivity contribution is 7.95. The number of nitrogens with one attached hydrogen (secondary N) is 2. The van der Waals surface area contributed by atoms with Gasteiger partial charge in [0.2, 0.25) is 5.69 Å². The minimum Gasteiger partial charge on any atom is -0.406 e. The van der Waals surface area contributed by atoms with Gasteiger partial charge in [0.25, 0.3) is 0 Å². The lowest BCUT2D eigenvalue weighted by molar-refractivity contribution is -0.732. The Morgan fingerprint density at radius 3 is 2.13 bits per heavy atom. The van der Waals surface area contributed by atoms with Gasteiger partial charge in [0.15, 0.2) is 12.7 Å². The average molecular weight is 479 g/mol. The molecule has 0 unspecified atom stereocenters. The van der Waals surface area contributed by atoms with Gasteiger partial charge in [-0.15, -0.1) is 17.9 Å². The number of rotatable bonds is 6. The minimum absolute atomic E-state index is 0.307. The number of hydrogen-bond acceptors (Lipinski definition) is 4. The predicted octanol–water partition coefficient (Wildman–Crippen LogP) is 6.38. The van der Waals surface area contributed by atoms with E-state index in [1.807, 2.05) is 25.6 Å².